The Hall–Kier alpha value is -3.53. The smallest absolute Gasteiger partial charge is 0.462 e. The molecule has 0 radical (unpaired) electrons. The second kappa shape index (κ2) is 11.7. The van der Waals surface area contributed by atoms with Crippen LogP contribution < -0.4 is 16.2 Å². The Kier molecular flexibility index (Phi) is 8.75. The minimum absolute atomic E-state index is 0.145. The second-order valence-corrected chi connectivity index (χ2v) is 8.24. The standard InChI is InChI=1S/C25H27F3N2O5/c26-25(27,28)35-21-10-5-18(6-11-21)24(32)34-20-8-1-16(2-9-20)3-12-23(31)33-14-13-17-4-7-19(29)15-22(17)30/h1-4,7-9,12,15,18,21H,5-6,10-11,13-14,29-30H2. The summed E-state index contributed by atoms with van der Waals surface area (Å²) in [7, 11) is 0. The summed E-state index contributed by atoms with van der Waals surface area (Å²) in [6, 6.07) is 11.6. The van der Waals surface area contributed by atoms with Crippen LogP contribution in [0.25, 0.3) is 6.08 Å². The van der Waals surface area contributed by atoms with E-state index in [0.717, 1.165) is 5.56 Å². The highest BCUT2D eigenvalue weighted by Gasteiger charge is 2.36. The topological polar surface area (TPSA) is 114 Å². The summed E-state index contributed by atoms with van der Waals surface area (Å²) in [5, 5.41) is 0. The number of hydrogen-bond donors (Lipinski definition) is 2. The van der Waals surface area contributed by atoms with Gasteiger partial charge in [-0.1, -0.05) is 18.2 Å². The van der Waals surface area contributed by atoms with Gasteiger partial charge in [0, 0.05) is 23.9 Å². The zero-order valence-electron chi connectivity index (χ0n) is 18.9. The molecule has 0 spiro atoms. The number of carbonyl (C=O) groups excluding carboxylic acids is 2. The number of benzene rings is 2. The molecule has 0 aliphatic heterocycles. The van der Waals surface area contributed by atoms with Gasteiger partial charge in [0.1, 0.15) is 5.75 Å². The van der Waals surface area contributed by atoms with Gasteiger partial charge in [0.2, 0.25) is 0 Å². The number of nitrogen functional groups attached to an aromatic ring is 2. The molecule has 2 aromatic rings. The number of carbonyl (C=O) groups is 2. The summed E-state index contributed by atoms with van der Waals surface area (Å²) in [5.41, 5.74) is 14.2. The SMILES string of the molecule is Nc1ccc(CCOC(=O)C=Cc2ccc(OC(=O)C3CCC(OC(F)(F)F)CC3)cc2)c(N)c1. The van der Waals surface area contributed by atoms with Gasteiger partial charge >= 0.3 is 18.3 Å². The van der Waals surface area contributed by atoms with Crippen LogP contribution in [0, 0.1) is 5.92 Å². The molecule has 0 amide bonds. The summed E-state index contributed by atoms with van der Waals surface area (Å²) in [6.07, 6.45) is -1.45. The van der Waals surface area contributed by atoms with E-state index in [1.54, 1.807) is 48.5 Å². The highest BCUT2D eigenvalue weighted by atomic mass is 19.4. The van der Waals surface area contributed by atoms with Gasteiger partial charge in [-0.25, -0.2) is 4.79 Å². The van der Waals surface area contributed by atoms with Crippen molar-refractivity contribution in [1.29, 1.82) is 0 Å². The van der Waals surface area contributed by atoms with E-state index in [9.17, 15) is 22.8 Å². The molecule has 0 atom stereocenters. The maximum absolute atomic E-state index is 12.3. The fourth-order valence-corrected chi connectivity index (χ4v) is 3.77. The predicted molar refractivity (Wildman–Crippen MR) is 124 cm³/mol. The number of esters is 2. The lowest BCUT2D eigenvalue weighted by Crippen LogP contribution is -2.32. The minimum Gasteiger partial charge on any atom is -0.462 e. The maximum Gasteiger partial charge on any atom is 0.522 e. The first-order valence-electron chi connectivity index (χ1n) is 11.1. The van der Waals surface area contributed by atoms with Gasteiger partial charge in [0.25, 0.3) is 0 Å². The van der Waals surface area contributed by atoms with E-state index in [1.807, 2.05) is 0 Å². The number of rotatable bonds is 8. The van der Waals surface area contributed by atoms with Gasteiger partial charge in [-0.3, -0.25) is 9.53 Å². The molecule has 0 heterocycles. The van der Waals surface area contributed by atoms with E-state index in [1.165, 1.54) is 6.08 Å². The minimum atomic E-state index is -4.67. The molecule has 3 rings (SSSR count). The van der Waals surface area contributed by atoms with Crippen LogP contribution in [0.4, 0.5) is 24.5 Å². The van der Waals surface area contributed by atoms with Crippen LogP contribution in [0.15, 0.2) is 48.5 Å². The number of halogens is 3. The van der Waals surface area contributed by atoms with Gasteiger partial charge in [-0.15, -0.1) is 13.2 Å². The van der Waals surface area contributed by atoms with Crippen LogP contribution in [-0.2, 0) is 25.5 Å². The summed E-state index contributed by atoms with van der Waals surface area (Å²) in [5.74, 6) is -1.16. The van der Waals surface area contributed by atoms with Gasteiger partial charge in [-0.2, -0.15) is 0 Å². The Labute approximate surface area is 200 Å². The molecular formula is C25H27F3N2O5. The molecule has 1 aliphatic rings. The molecular weight excluding hydrogens is 465 g/mol. The molecule has 0 unspecified atom stereocenters. The van der Waals surface area contributed by atoms with E-state index in [-0.39, 0.29) is 32.3 Å². The molecule has 1 saturated carbocycles. The van der Waals surface area contributed by atoms with E-state index in [2.05, 4.69) is 4.74 Å². The Morgan fingerprint density at radius 1 is 1.00 bits per heavy atom. The molecule has 1 fully saturated rings. The van der Waals surface area contributed by atoms with Crippen LogP contribution in [-0.4, -0.2) is 31.0 Å². The molecule has 35 heavy (non-hydrogen) atoms. The second-order valence-electron chi connectivity index (χ2n) is 8.24. The van der Waals surface area contributed by atoms with E-state index < -0.39 is 30.3 Å². The molecule has 7 nitrogen and oxygen atoms in total. The van der Waals surface area contributed by atoms with Crippen molar-refractivity contribution < 1.29 is 37.0 Å². The average Bonchev–Trinajstić information content (AvgIpc) is 2.79. The van der Waals surface area contributed by atoms with Gasteiger partial charge in [0.05, 0.1) is 18.6 Å². The zero-order valence-corrected chi connectivity index (χ0v) is 18.9. The Morgan fingerprint density at radius 2 is 1.69 bits per heavy atom. The lowest BCUT2D eigenvalue weighted by molar-refractivity contribution is -0.345. The third-order valence-electron chi connectivity index (χ3n) is 5.60. The summed E-state index contributed by atoms with van der Waals surface area (Å²) >= 11 is 0. The predicted octanol–water partition coefficient (Wildman–Crippen LogP) is 4.65. The van der Waals surface area contributed by atoms with Crippen LogP contribution in [0.1, 0.15) is 36.8 Å². The van der Waals surface area contributed by atoms with Crippen molar-refractivity contribution in [2.24, 2.45) is 5.92 Å². The van der Waals surface area contributed by atoms with Gasteiger partial charge in [-0.05, 0) is 67.2 Å². The van der Waals surface area contributed by atoms with Gasteiger partial charge in [0.15, 0.2) is 0 Å². The largest absolute Gasteiger partial charge is 0.522 e. The van der Waals surface area contributed by atoms with Gasteiger partial charge < -0.3 is 20.9 Å². The van der Waals surface area contributed by atoms with E-state index in [4.69, 9.17) is 20.9 Å². The first-order chi connectivity index (χ1) is 16.6. The van der Waals surface area contributed by atoms with Crippen molar-refractivity contribution in [3.8, 4) is 5.75 Å². The first-order valence-corrected chi connectivity index (χ1v) is 11.1. The highest BCUT2D eigenvalue weighted by molar-refractivity contribution is 5.87. The molecule has 10 heteroatoms. The molecule has 0 saturated heterocycles. The van der Waals surface area contributed by atoms with Crippen molar-refractivity contribution in [3.63, 3.8) is 0 Å². The van der Waals surface area contributed by atoms with E-state index in [0.29, 0.717) is 29.1 Å². The van der Waals surface area contributed by atoms with Crippen LogP contribution >= 0.6 is 0 Å². The molecule has 188 valence electrons. The normalized spacial score (nSPS) is 18.4. The van der Waals surface area contributed by atoms with Crippen LogP contribution in [0.3, 0.4) is 0 Å². The van der Waals surface area contributed by atoms with Crippen molar-refractivity contribution in [3.05, 3.63) is 59.7 Å². The first kappa shape index (κ1) is 26.1. The van der Waals surface area contributed by atoms with Crippen molar-refractivity contribution in [2.45, 2.75) is 44.6 Å². The lowest BCUT2D eigenvalue weighted by atomic mass is 9.87. The monoisotopic (exact) mass is 492 g/mol. The number of ether oxygens (including phenoxy) is 3. The third kappa shape index (κ3) is 8.64. The third-order valence-corrected chi connectivity index (χ3v) is 5.60. The number of anilines is 2. The number of nitrogens with two attached hydrogens (primary N) is 2. The molecule has 1 aliphatic carbocycles. The molecule has 4 N–H and O–H groups in total. The molecule has 0 bridgehead atoms. The highest BCUT2D eigenvalue weighted by Crippen LogP contribution is 2.31. The Balaban J connectivity index is 1.40. The average molecular weight is 492 g/mol. The van der Waals surface area contributed by atoms with Crippen LogP contribution in [0.5, 0.6) is 5.75 Å². The van der Waals surface area contributed by atoms with Crippen molar-refractivity contribution >= 4 is 29.4 Å². The molecule has 0 aromatic heterocycles. The van der Waals surface area contributed by atoms with Crippen molar-refractivity contribution in [2.75, 3.05) is 18.1 Å². The summed E-state index contributed by atoms with van der Waals surface area (Å²) < 4.78 is 51.5. The van der Waals surface area contributed by atoms with Crippen molar-refractivity contribution in [1.82, 2.24) is 0 Å². The zero-order chi connectivity index (χ0) is 25.4. The van der Waals surface area contributed by atoms with Crippen LogP contribution in [0.2, 0.25) is 0 Å². The van der Waals surface area contributed by atoms with E-state index >= 15 is 0 Å². The lowest BCUT2D eigenvalue weighted by Gasteiger charge is -2.27. The fourth-order valence-electron chi connectivity index (χ4n) is 3.77. The Bertz CT molecular complexity index is 1050. The summed E-state index contributed by atoms with van der Waals surface area (Å²) in [6.45, 7) is 0.163. The quantitative estimate of drug-likeness (QED) is 0.239. The maximum atomic E-state index is 12.3. The summed E-state index contributed by atoms with van der Waals surface area (Å²) in [4.78, 5) is 24.3. The Morgan fingerprint density at radius 3 is 2.31 bits per heavy atom. The number of hydrogen-bond acceptors (Lipinski definition) is 7. The molecule has 2 aromatic carbocycles. The fraction of sp³-hybridized carbons (Fsp3) is 0.360. The number of alkyl halides is 3.